The molecule has 0 saturated carbocycles. The number of para-hydroxylation sites is 1. The molecule has 0 aromatic heterocycles. The standard InChI is InChI=1S/C39H51N5O5/c45-32-18-16-30(17-19-32)29-44(38(47)36-15-7-9-23-40-36)25-10-2-8-24-41-37(46)22-28-43-26-20-33(21-27-43)49-39(48)42-35-14-6-5-13-34(35)31-11-3-1-4-12-31/h1,3-6,11-14,16-19,33,36,40,45H,2,7-10,15,20-29H2,(H,41,46)(H,42,48). The molecule has 2 aliphatic rings. The molecule has 3 amide bonds. The van der Waals surface area contributed by atoms with Crippen molar-refractivity contribution < 1.29 is 24.2 Å². The summed E-state index contributed by atoms with van der Waals surface area (Å²) in [5, 5.41) is 19.0. The molecule has 10 heteroatoms. The number of nitrogens with zero attached hydrogens (tertiary/aromatic N) is 2. The topological polar surface area (TPSA) is 123 Å². The summed E-state index contributed by atoms with van der Waals surface area (Å²) < 4.78 is 5.75. The minimum Gasteiger partial charge on any atom is -0.508 e. The molecule has 4 N–H and O–H groups in total. The van der Waals surface area contributed by atoms with E-state index in [2.05, 4.69) is 20.9 Å². The summed E-state index contributed by atoms with van der Waals surface area (Å²) >= 11 is 0. The van der Waals surface area contributed by atoms with Crippen molar-refractivity contribution in [2.45, 2.75) is 76.5 Å². The van der Waals surface area contributed by atoms with E-state index < -0.39 is 6.09 Å². The normalized spacial score (nSPS) is 16.9. The van der Waals surface area contributed by atoms with E-state index in [-0.39, 0.29) is 29.7 Å². The zero-order chi connectivity index (χ0) is 34.3. The number of phenolic OH excluding ortho intramolecular Hbond substituents is 1. The lowest BCUT2D eigenvalue weighted by Crippen LogP contribution is -2.48. The van der Waals surface area contributed by atoms with E-state index in [0.717, 1.165) is 93.4 Å². The van der Waals surface area contributed by atoms with Crippen LogP contribution in [0, 0.1) is 0 Å². The predicted octanol–water partition coefficient (Wildman–Crippen LogP) is 5.92. The van der Waals surface area contributed by atoms with Gasteiger partial charge in [-0.1, -0.05) is 67.1 Å². The molecule has 1 unspecified atom stereocenters. The molecule has 3 aromatic rings. The van der Waals surface area contributed by atoms with Gasteiger partial charge in [-0.3, -0.25) is 14.9 Å². The number of hydrogen-bond donors (Lipinski definition) is 4. The Balaban J connectivity index is 0.943. The second kappa shape index (κ2) is 19.0. The highest BCUT2D eigenvalue weighted by atomic mass is 16.6. The summed E-state index contributed by atoms with van der Waals surface area (Å²) in [5.74, 6) is 0.405. The van der Waals surface area contributed by atoms with Crippen LogP contribution >= 0.6 is 0 Å². The van der Waals surface area contributed by atoms with E-state index in [1.165, 1.54) is 0 Å². The van der Waals surface area contributed by atoms with Gasteiger partial charge in [0.25, 0.3) is 0 Å². The number of phenols is 1. The van der Waals surface area contributed by atoms with Crippen LogP contribution in [0.25, 0.3) is 11.1 Å². The number of piperidine rings is 2. The van der Waals surface area contributed by atoms with E-state index in [0.29, 0.717) is 32.6 Å². The number of unbranched alkanes of at least 4 members (excludes halogenated alkanes) is 2. The number of carbonyl (C=O) groups excluding carboxylic acids is 3. The van der Waals surface area contributed by atoms with E-state index in [9.17, 15) is 19.5 Å². The predicted molar refractivity (Wildman–Crippen MR) is 192 cm³/mol. The summed E-state index contributed by atoms with van der Waals surface area (Å²) in [4.78, 5) is 42.7. The first-order valence-electron chi connectivity index (χ1n) is 17.9. The first-order valence-corrected chi connectivity index (χ1v) is 17.9. The zero-order valence-electron chi connectivity index (χ0n) is 28.4. The van der Waals surface area contributed by atoms with Crippen molar-refractivity contribution >= 4 is 23.6 Å². The Morgan fingerprint density at radius 1 is 0.878 bits per heavy atom. The summed E-state index contributed by atoms with van der Waals surface area (Å²) in [6.45, 7) is 4.91. The summed E-state index contributed by atoms with van der Waals surface area (Å²) in [6.07, 6.45) is 6.97. The van der Waals surface area contributed by atoms with Gasteiger partial charge in [0, 0.05) is 51.3 Å². The smallest absolute Gasteiger partial charge is 0.411 e. The zero-order valence-corrected chi connectivity index (χ0v) is 28.4. The van der Waals surface area contributed by atoms with Gasteiger partial charge in [0.1, 0.15) is 11.9 Å². The number of anilines is 1. The van der Waals surface area contributed by atoms with Gasteiger partial charge in [-0.2, -0.15) is 0 Å². The van der Waals surface area contributed by atoms with Gasteiger partial charge < -0.3 is 30.3 Å². The van der Waals surface area contributed by atoms with Crippen molar-refractivity contribution in [3.63, 3.8) is 0 Å². The van der Waals surface area contributed by atoms with Crippen LogP contribution in [-0.2, 0) is 20.9 Å². The Bertz CT molecular complexity index is 1470. The quantitative estimate of drug-likeness (QED) is 0.148. The third kappa shape index (κ3) is 11.6. The SMILES string of the molecule is O=C(CCN1CCC(OC(=O)Nc2ccccc2-c2ccccc2)CC1)NCCCCCN(Cc1ccc(O)cc1)C(=O)C1CCCCN1. The highest BCUT2D eigenvalue weighted by Crippen LogP contribution is 2.28. The van der Waals surface area contributed by atoms with Gasteiger partial charge in [-0.25, -0.2) is 4.79 Å². The third-order valence-corrected chi connectivity index (χ3v) is 9.37. The number of rotatable bonds is 15. The first kappa shape index (κ1) is 35.9. The van der Waals surface area contributed by atoms with Crippen LogP contribution in [0.5, 0.6) is 5.75 Å². The number of carbonyl (C=O) groups is 3. The molecule has 0 bridgehead atoms. The summed E-state index contributed by atoms with van der Waals surface area (Å²) in [7, 11) is 0. The fourth-order valence-electron chi connectivity index (χ4n) is 6.56. The first-order chi connectivity index (χ1) is 23.9. The molecule has 0 aliphatic carbocycles. The highest BCUT2D eigenvalue weighted by Gasteiger charge is 2.26. The maximum atomic E-state index is 13.3. The number of aromatic hydroxyl groups is 1. The maximum Gasteiger partial charge on any atom is 0.411 e. The molecular weight excluding hydrogens is 618 g/mol. The van der Waals surface area contributed by atoms with E-state index in [1.807, 2.05) is 71.6 Å². The maximum absolute atomic E-state index is 13.3. The molecule has 0 spiro atoms. The average Bonchev–Trinajstić information content (AvgIpc) is 3.13. The van der Waals surface area contributed by atoms with Crippen LogP contribution in [0.4, 0.5) is 10.5 Å². The molecular formula is C39H51N5O5. The molecule has 2 heterocycles. The minimum atomic E-state index is -0.445. The molecule has 2 saturated heterocycles. The number of amides is 3. The van der Waals surface area contributed by atoms with Crippen molar-refractivity contribution in [3.05, 3.63) is 84.4 Å². The molecule has 3 aromatic carbocycles. The molecule has 0 radical (unpaired) electrons. The van der Waals surface area contributed by atoms with E-state index in [1.54, 1.807) is 12.1 Å². The fraction of sp³-hybridized carbons (Fsp3) is 0.462. The average molecular weight is 670 g/mol. The number of nitrogens with one attached hydrogen (secondary N) is 3. The van der Waals surface area contributed by atoms with Crippen molar-refractivity contribution in [2.75, 3.05) is 44.6 Å². The highest BCUT2D eigenvalue weighted by molar-refractivity contribution is 5.91. The van der Waals surface area contributed by atoms with E-state index >= 15 is 0 Å². The van der Waals surface area contributed by atoms with Gasteiger partial charge in [-0.15, -0.1) is 0 Å². The van der Waals surface area contributed by atoms with Crippen molar-refractivity contribution in [2.24, 2.45) is 0 Å². The second-order valence-electron chi connectivity index (χ2n) is 13.1. The molecule has 262 valence electrons. The van der Waals surface area contributed by atoms with Gasteiger partial charge in [0.15, 0.2) is 0 Å². The molecule has 5 rings (SSSR count). The number of likely N-dealkylation sites (tertiary alicyclic amines) is 1. The second-order valence-corrected chi connectivity index (χ2v) is 13.1. The molecule has 10 nitrogen and oxygen atoms in total. The Kier molecular flexibility index (Phi) is 13.9. The number of hydrogen-bond acceptors (Lipinski definition) is 7. The number of ether oxygens (including phenoxy) is 1. The lowest BCUT2D eigenvalue weighted by Gasteiger charge is -2.31. The molecule has 1 atom stereocenters. The Labute approximate surface area is 290 Å². The molecule has 49 heavy (non-hydrogen) atoms. The summed E-state index contributed by atoms with van der Waals surface area (Å²) in [5.41, 5.74) is 3.69. The number of benzene rings is 3. The van der Waals surface area contributed by atoms with Gasteiger partial charge in [0.05, 0.1) is 11.7 Å². The van der Waals surface area contributed by atoms with Crippen LogP contribution in [-0.4, -0.2) is 84.2 Å². The van der Waals surface area contributed by atoms with Gasteiger partial charge in [-0.05, 0) is 80.8 Å². The van der Waals surface area contributed by atoms with Crippen molar-refractivity contribution in [1.82, 2.24) is 20.4 Å². The Morgan fingerprint density at radius 3 is 2.39 bits per heavy atom. The van der Waals surface area contributed by atoms with Crippen LogP contribution in [0.15, 0.2) is 78.9 Å². The summed E-state index contributed by atoms with van der Waals surface area (Å²) in [6, 6.07) is 24.6. The Morgan fingerprint density at radius 2 is 1.63 bits per heavy atom. The van der Waals surface area contributed by atoms with Crippen LogP contribution in [0.3, 0.4) is 0 Å². The van der Waals surface area contributed by atoms with Gasteiger partial charge in [0.2, 0.25) is 11.8 Å². The lowest BCUT2D eigenvalue weighted by molar-refractivity contribution is -0.134. The minimum absolute atomic E-state index is 0.0438. The third-order valence-electron chi connectivity index (χ3n) is 9.37. The van der Waals surface area contributed by atoms with Crippen LogP contribution in [0.2, 0.25) is 0 Å². The van der Waals surface area contributed by atoms with Gasteiger partial charge >= 0.3 is 6.09 Å². The molecule has 2 aliphatic heterocycles. The largest absolute Gasteiger partial charge is 0.508 e. The lowest BCUT2D eigenvalue weighted by atomic mass is 10.0. The molecule has 2 fully saturated rings. The monoisotopic (exact) mass is 669 g/mol. The fourth-order valence-corrected chi connectivity index (χ4v) is 6.56. The van der Waals surface area contributed by atoms with Crippen molar-refractivity contribution in [1.29, 1.82) is 0 Å². The Hall–Kier alpha value is -4.41. The van der Waals surface area contributed by atoms with Crippen LogP contribution < -0.4 is 16.0 Å². The van der Waals surface area contributed by atoms with Crippen LogP contribution in [0.1, 0.15) is 63.4 Å². The van der Waals surface area contributed by atoms with E-state index in [4.69, 9.17) is 4.74 Å². The van der Waals surface area contributed by atoms with Crippen molar-refractivity contribution in [3.8, 4) is 16.9 Å².